The molecule has 2 heterocycles. The second-order valence-corrected chi connectivity index (χ2v) is 9.56. The number of hydrogen-bond acceptors (Lipinski definition) is 6. The third-order valence-corrected chi connectivity index (χ3v) is 9.27. The molecule has 3 aliphatic rings. The minimum Gasteiger partial charge on any atom is -0.135 e. The first-order chi connectivity index (χ1) is 7.24. The molecule has 0 spiro atoms. The number of thioether (sulfide) groups is 4. The van der Waals surface area contributed by atoms with Crippen molar-refractivity contribution < 1.29 is 0 Å². The van der Waals surface area contributed by atoms with E-state index in [4.69, 9.17) is 0 Å². The van der Waals surface area contributed by atoms with Crippen molar-refractivity contribution in [3.8, 4) is 0 Å². The Hall–Kier alpha value is 1.32. The van der Waals surface area contributed by atoms with Crippen LogP contribution in [-0.4, -0.2) is 0 Å². The lowest BCUT2D eigenvalue weighted by Gasteiger charge is -2.03. The third-order valence-electron chi connectivity index (χ3n) is 2.28. The van der Waals surface area contributed by atoms with Crippen LogP contribution in [0.3, 0.4) is 0 Å². The van der Waals surface area contributed by atoms with Gasteiger partial charge in [0.1, 0.15) is 0 Å². The predicted molar refractivity (Wildman–Crippen MR) is 83.3 cm³/mol. The molecule has 6 heteroatoms. The third kappa shape index (κ3) is 2.18. The van der Waals surface area contributed by atoms with Gasteiger partial charge in [-0.1, -0.05) is 47.0 Å². The van der Waals surface area contributed by atoms with Gasteiger partial charge in [0.05, 0.1) is 16.9 Å². The van der Waals surface area contributed by atoms with E-state index in [-0.39, 0.29) is 0 Å². The molecular formula is C9H8S6. The van der Waals surface area contributed by atoms with Gasteiger partial charge in [-0.15, -0.1) is 25.3 Å². The van der Waals surface area contributed by atoms with Crippen LogP contribution in [0.25, 0.3) is 0 Å². The van der Waals surface area contributed by atoms with E-state index in [1.807, 2.05) is 23.5 Å². The fourth-order valence-corrected chi connectivity index (χ4v) is 7.96. The molecule has 80 valence electrons. The molecule has 0 bridgehead atoms. The summed E-state index contributed by atoms with van der Waals surface area (Å²) in [6.45, 7) is 0. The van der Waals surface area contributed by atoms with Crippen LogP contribution in [0.2, 0.25) is 0 Å². The highest BCUT2D eigenvalue weighted by Crippen LogP contribution is 2.63. The Morgan fingerprint density at radius 3 is 1.73 bits per heavy atom. The molecule has 0 amide bonds. The minimum absolute atomic E-state index is 1.04. The number of hydrogen-bond donors (Lipinski definition) is 2. The fourth-order valence-electron chi connectivity index (χ4n) is 1.60. The van der Waals surface area contributed by atoms with Gasteiger partial charge < -0.3 is 0 Å². The summed E-state index contributed by atoms with van der Waals surface area (Å²) in [5.74, 6) is 0. The van der Waals surface area contributed by atoms with Crippen molar-refractivity contribution in [2.24, 2.45) is 0 Å². The molecular weight excluding hydrogens is 301 g/mol. The Morgan fingerprint density at radius 2 is 1.20 bits per heavy atom. The molecule has 0 aromatic rings. The second-order valence-electron chi connectivity index (χ2n) is 3.29. The Labute approximate surface area is 117 Å². The molecule has 0 fully saturated rings. The highest BCUT2D eigenvalue weighted by atomic mass is 32.2. The predicted octanol–water partition coefficient (Wildman–Crippen LogP) is 5.45. The summed E-state index contributed by atoms with van der Waals surface area (Å²) < 4.78 is 4.90. The molecule has 0 N–H and O–H groups in total. The largest absolute Gasteiger partial charge is 0.135 e. The van der Waals surface area contributed by atoms with Crippen molar-refractivity contribution in [1.29, 1.82) is 0 Å². The van der Waals surface area contributed by atoms with Gasteiger partial charge in [0.15, 0.2) is 0 Å². The summed E-state index contributed by atoms with van der Waals surface area (Å²) >= 11 is 16.2. The Balaban J connectivity index is 1.80. The molecule has 3 rings (SSSR count). The van der Waals surface area contributed by atoms with E-state index in [9.17, 15) is 0 Å². The van der Waals surface area contributed by atoms with Gasteiger partial charge in [-0.2, -0.15) is 0 Å². The molecule has 2 aliphatic heterocycles. The van der Waals surface area contributed by atoms with E-state index in [0.29, 0.717) is 0 Å². The van der Waals surface area contributed by atoms with Crippen molar-refractivity contribution in [2.75, 3.05) is 0 Å². The number of rotatable bonds is 0. The molecule has 1 aliphatic carbocycles. The average Bonchev–Trinajstić information content (AvgIpc) is 2.80. The Morgan fingerprint density at radius 1 is 0.733 bits per heavy atom. The maximum absolute atomic E-state index is 4.40. The topological polar surface area (TPSA) is 0 Å². The number of allylic oxidation sites excluding steroid dienone is 2. The van der Waals surface area contributed by atoms with E-state index in [1.54, 1.807) is 33.3 Å². The Bertz CT molecular complexity index is 382. The SMILES string of the molecule is SC1=C(S)SC(=C2SC3=C(CCC3)S2)S1. The van der Waals surface area contributed by atoms with Gasteiger partial charge in [-0.25, -0.2) is 0 Å². The molecule has 0 atom stereocenters. The summed E-state index contributed by atoms with van der Waals surface area (Å²) in [6.07, 6.45) is 3.92. The first kappa shape index (κ1) is 11.4. The minimum atomic E-state index is 1.04. The Kier molecular flexibility index (Phi) is 3.45. The molecule has 15 heavy (non-hydrogen) atoms. The molecule has 0 aromatic heterocycles. The van der Waals surface area contributed by atoms with Gasteiger partial charge in [0.25, 0.3) is 0 Å². The van der Waals surface area contributed by atoms with Crippen molar-refractivity contribution in [3.05, 3.63) is 26.8 Å². The standard InChI is InChI=1S/C9H8S6/c10-6-7(11)15-9(14-6)8-12-4-2-1-3-5(4)13-8/h10-11H,1-3H2. The zero-order chi connectivity index (χ0) is 10.4. The van der Waals surface area contributed by atoms with Gasteiger partial charge in [0, 0.05) is 9.81 Å². The highest BCUT2D eigenvalue weighted by Gasteiger charge is 2.29. The molecule has 0 nitrogen and oxygen atoms in total. The van der Waals surface area contributed by atoms with E-state index >= 15 is 0 Å². The van der Waals surface area contributed by atoms with Gasteiger partial charge >= 0.3 is 0 Å². The van der Waals surface area contributed by atoms with Crippen LogP contribution in [0.5, 0.6) is 0 Å². The molecule has 0 radical (unpaired) electrons. The van der Waals surface area contributed by atoms with Crippen molar-refractivity contribution >= 4 is 72.3 Å². The quantitative estimate of drug-likeness (QED) is 0.570. The van der Waals surface area contributed by atoms with E-state index in [2.05, 4.69) is 25.3 Å². The molecule has 0 saturated heterocycles. The summed E-state index contributed by atoms with van der Waals surface area (Å²) in [5.41, 5.74) is 0. The zero-order valence-corrected chi connectivity index (χ0v) is 12.7. The first-order valence-electron chi connectivity index (χ1n) is 4.54. The lowest BCUT2D eigenvalue weighted by Crippen LogP contribution is -1.71. The molecule has 0 aromatic carbocycles. The van der Waals surface area contributed by atoms with E-state index < -0.39 is 0 Å². The van der Waals surface area contributed by atoms with Gasteiger partial charge in [-0.3, -0.25) is 0 Å². The van der Waals surface area contributed by atoms with E-state index in [0.717, 1.165) is 8.47 Å². The fraction of sp³-hybridized carbons (Fsp3) is 0.333. The van der Waals surface area contributed by atoms with Crippen LogP contribution < -0.4 is 0 Å². The van der Waals surface area contributed by atoms with Crippen LogP contribution in [-0.2, 0) is 0 Å². The monoisotopic (exact) mass is 308 g/mol. The lowest BCUT2D eigenvalue weighted by atomic mass is 10.4. The van der Waals surface area contributed by atoms with Crippen molar-refractivity contribution in [3.63, 3.8) is 0 Å². The highest BCUT2D eigenvalue weighted by molar-refractivity contribution is 8.39. The molecule has 0 saturated carbocycles. The van der Waals surface area contributed by atoms with Gasteiger partial charge in [-0.05, 0) is 19.3 Å². The summed E-state index contributed by atoms with van der Waals surface area (Å²) in [6, 6.07) is 0. The summed E-state index contributed by atoms with van der Waals surface area (Å²) in [7, 11) is 0. The van der Waals surface area contributed by atoms with Gasteiger partial charge in [0.2, 0.25) is 0 Å². The van der Waals surface area contributed by atoms with Crippen LogP contribution in [0.1, 0.15) is 19.3 Å². The lowest BCUT2D eigenvalue weighted by molar-refractivity contribution is 0.921. The molecule has 0 unspecified atom stereocenters. The smallest absolute Gasteiger partial charge is 0.0717 e. The average molecular weight is 309 g/mol. The number of thiol groups is 2. The van der Waals surface area contributed by atoms with Crippen LogP contribution in [0, 0.1) is 0 Å². The summed E-state index contributed by atoms with van der Waals surface area (Å²) in [5, 5.41) is 0. The summed E-state index contributed by atoms with van der Waals surface area (Å²) in [4.78, 5) is 3.22. The van der Waals surface area contributed by atoms with Crippen molar-refractivity contribution in [2.45, 2.75) is 19.3 Å². The maximum atomic E-state index is 4.40. The zero-order valence-electron chi connectivity index (χ0n) is 7.65. The van der Waals surface area contributed by atoms with Crippen LogP contribution >= 0.6 is 72.3 Å². The first-order valence-corrected chi connectivity index (χ1v) is 8.70. The second kappa shape index (κ2) is 4.53. The normalized spacial score (nSPS) is 26.0. The maximum Gasteiger partial charge on any atom is 0.0717 e. The van der Waals surface area contributed by atoms with Crippen LogP contribution in [0.15, 0.2) is 26.8 Å². The van der Waals surface area contributed by atoms with Crippen molar-refractivity contribution in [1.82, 2.24) is 0 Å². The van der Waals surface area contributed by atoms with E-state index in [1.165, 1.54) is 27.7 Å². The van der Waals surface area contributed by atoms with Crippen LogP contribution in [0.4, 0.5) is 0 Å².